The van der Waals surface area contributed by atoms with Crippen molar-refractivity contribution in [3.8, 4) is 5.69 Å². The molecular formula is C14H14N2O4S. The normalized spacial score (nSPS) is 13.9. The standard InChI is InChI=1S/C14H14N2O4S/c17-5-1-2-10-7-16(14(19)20-10)9-3-4-12-11(6-9)15-13(18)8-21-12/h3-4,6-7,17H,1-2,5,8H2,(H,15,18). The van der Waals surface area contributed by atoms with Crippen molar-refractivity contribution in [3.63, 3.8) is 0 Å². The van der Waals surface area contributed by atoms with Crippen molar-refractivity contribution in [1.29, 1.82) is 0 Å². The Morgan fingerprint density at radius 1 is 1.38 bits per heavy atom. The maximum atomic E-state index is 11.9. The van der Waals surface area contributed by atoms with E-state index in [1.54, 1.807) is 12.3 Å². The lowest BCUT2D eigenvalue weighted by molar-refractivity contribution is -0.113. The van der Waals surface area contributed by atoms with E-state index < -0.39 is 5.76 Å². The summed E-state index contributed by atoms with van der Waals surface area (Å²) in [6.07, 6.45) is 2.68. The molecule has 3 rings (SSSR count). The van der Waals surface area contributed by atoms with Crippen molar-refractivity contribution in [3.05, 3.63) is 40.7 Å². The first-order valence-corrected chi connectivity index (χ1v) is 7.55. The molecule has 6 nitrogen and oxygen atoms in total. The van der Waals surface area contributed by atoms with Crippen LogP contribution in [-0.4, -0.2) is 27.9 Å². The number of hydrogen-bond donors (Lipinski definition) is 2. The van der Waals surface area contributed by atoms with Crippen LogP contribution in [0.15, 0.2) is 38.5 Å². The van der Waals surface area contributed by atoms with Gasteiger partial charge in [0.1, 0.15) is 5.76 Å². The summed E-state index contributed by atoms with van der Waals surface area (Å²) in [7, 11) is 0. The van der Waals surface area contributed by atoms with E-state index in [2.05, 4.69) is 5.32 Å². The molecule has 0 aliphatic carbocycles. The number of benzene rings is 1. The number of aryl methyl sites for hydroxylation is 1. The Bertz CT molecular complexity index is 735. The van der Waals surface area contributed by atoms with Crippen LogP contribution in [0.25, 0.3) is 5.69 Å². The maximum absolute atomic E-state index is 11.9. The maximum Gasteiger partial charge on any atom is 0.423 e. The summed E-state index contributed by atoms with van der Waals surface area (Å²) in [4.78, 5) is 24.3. The Kier molecular flexibility index (Phi) is 3.85. The predicted molar refractivity (Wildman–Crippen MR) is 79.1 cm³/mol. The Labute approximate surface area is 124 Å². The number of oxazole rings is 1. The van der Waals surface area contributed by atoms with Crippen LogP contribution in [-0.2, 0) is 11.2 Å². The summed E-state index contributed by atoms with van der Waals surface area (Å²) in [5.41, 5.74) is 1.35. The number of aliphatic hydroxyl groups is 1. The number of aromatic nitrogens is 1. The van der Waals surface area contributed by atoms with Gasteiger partial charge in [-0.1, -0.05) is 0 Å². The molecule has 1 aromatic heterocycles. The van der Waals surface area contributed by atoms with Gasteiger partial charge in [-0.25, -0.2) is 9.36 Å². The summed E-state index contributed by atoms with van der Waals surface area (Å²) in [6, 6.07) is 5.45. The van der Waals surface area contributed by atoms with Gasteiger partial charge >= 0.3 is 5.76 Å². The van der Waals surface area contributed by atoms with Crippen molar-refractivity contribution >= 4 is 23.4 Å². The van der Waals surface area contributed by atoms with Crippen LogP contribution in [0.4, 0.5) is 5.69 Å². The lowest BCUT2D eigenvalue weighted by Crippen LogP contribution is -2.19. The van der Waals surface area contributed by atoms with E-state index in [1.165, 1.54) is 16.3 Å². The van der Waals surface area contributed by atoms with Crippen molar-refractivity contribution in [2.24, 2.45) is 0 Å². The van der Waals surface area contributed by atoms with Crippen LogP contribution in [0.1, 0.15) is 12.2 Å². The van der Waals surface area contributed by atoms with Crippen LogP contribution in [0, 0.1) is 0 Å². The van der Waals surface area contributed by atoms with Gasteiger partial charge in [0.15, 0.2) is 0 Å². The number of carbonyl (C=O) groups is 1. The first kappa shape index (κ1) is 14.0. The molecule has 2 heterocycles. The highest BCUT2D eigenvalue weighted by Crippen LogP contribution is 2.32. The summed E-state index contributed by atoms with van der Waals surface area (Å²) < 4.78 is 6.54. The number of fused-ring (bicyclic) bond motifs is 1. The summed E-state index contributed by atoms with van der Waals surface area (Å²) in [5, 5.41) is 11.6. The Balaban J connectivity index is 1.94. The highest BCUT2D eigenvalue weighted by Gasteiger charge is 2.17. The zero-order valence-corrected chi connectivity index (χ0v) is 12.0. The number of hydrogen-bond acceptors (Lipinski definition) is 5. The molecule has 21 heavy (non-hydrogen) atoms. The van der Waals surface area contributed by atoms with Gasteiger partial charge in [0.05, 0.1) is 23.3 Å². The number of anilines is 1. The molecule has 2 aromatic rings. The Morgan fingerprint density at radius 3 is 3.05 bits per heavy atom. The fourth-order valence-electron chi connectivity index (χ4n) is 2.15. The van der Waals surface area contributed by atoms with Gasteiger partial charge in [-0.3, -0.25) is 4.79 Å². The van der Waals surface area contributed by atoms with E-state index in [9.17, 15) is 9.59 Å². The van der Waals surface area contributed by atoms with Crippen LogP contribution in [0.3, 0.4) is 0 Å². The lowest BCUT2D eigenvalue weighted by Gasteiger charge is -2.16. The second kappa shape index (κ2) is 5.79. The smallest absolute Gasteiger partial charge is 0.413 e. The van der Waals surface area contributed by atoms with E-state index in [0.717, 1.165) is 4.90 Å². The molecule has 0 saturated heterocycles. The fraction of sp³-hybridized carbons (Fsp3) is 0.286. The SMILES string of the molecule is O=C1CSc2ccc(-n3cc(CCCO)oc3=O)cc2N1. The summed E-state index contributed by atoms with van der Waals surface area (Å²) in [6.45, 7) is 0.0526. The first-order valence-electron chi connectivity index (χ1n) is 6.56. The zero-order valence-electron chi connectivity index (χ0n) is 11.2. The molecule has 0 fully saturated rings. The van der Waals surface area contributed by atoms with Gasteiger partial charge in [-0.05, 0) is 24.6 Å². The molecule has 2 N–H and O–H groups in total. The molecule has 0 saturated carbocycles. The van der Waals surface area contributed by atoms with Crippen molar-refractivity contribution < 1.29 is 14.3 Å². The molecule has 1 aromatic carbocycles. The van der Waals surface area contributed by atoms with E-state index in [4.69, 9.17) is 9.52 Å². The second-order valence-electron chi connectivity index (χ2n) is 4.68. The largest absolute Gasteiger partial charge is 0.423 e. The van der Waals surface area contributed by atoms with E-state index in [-0.39, 0.29) is 12.5 Å². The summed E-state index contributed by atoms with van der Waals surface area (Å²) in [5.74, 6) is 0.416. The number of rotatable bonds is 4. The van der Waals surface area contributed by atoms with Crippen molar-refractivity contribution in [1.82, 2.24) is 4.57 Å². The minimum absolute atomic E-state index is 0.0483. The predicted octanol–water partition coefficient (Wildman–Crippen LogP) is 1.40. The van der Waals surface area contributed by atoms with Gasteiger partial charge in [0, 0.05) is 17.9 Å². The highest BCUT2D eigenvalue weighted by atomic mass is 32.2. The van der Waals surface area contributed by atoms with E-state index >= 15 is 0 Å². The molecule has 1 aliphatic rings. The van der Waals surface area contributed by atoms with Crippen LogP contribution in [0.2, 0.25) is 0 Å². The molecule has 7 heteroatoms. The van der Waals surface area contributed by atoms with Crippen LogP contribution >= 0.6 is 11.8 Å². The third kappa shape index (κ3) is 2.88. The quantitative estimate of drug-likeness (QED) is 0.892. The molecule has 1 aliphatic heterocycles. The number of nitrogens with zero attached hydrogens (tertiary/aromatic N) is 1. The lowest BCUT2D eigenvalue weighted by atomic mass is 10.2. The van der Waals surface area contributed by atoms with Crippen molar-refractivity contribution in [2.75, 3.05) is 17.7 Å². The van der Waals surface area contributed by atoms with Gasteiger partial charge in [0.2, 0.25) is 5.91 Å². The topological polar surface area (TPSA) is 84.5 Å². The fourth-order valence-corrected chi connectivity index (χ4v) is 2.94. The summed E-state index contributed by atoms with van der Waals surface area (Å²) >= 11 is 1.47. The second-order valence-corrected chi connectivity index (χ2v) is 5.70. The molecule has 0 radical (unpaired) electrons. The minimum atomic E-state index is -0.474. The highest BCUT2D eigenvalue weighted by molar-refractivity contribution is 8.00. The third-order valence-corrected chi connectivity index (χ3v) is 4.22. The van der Waals surface area contributed by atoms with Crippen LogP contribution < -0.4 is 11.1 Å². The molecular weight excluding hydrogens is 292 g/mol. The zero-order chi connectivity index (χ0) is 14.8. The Morgan fingerprint density at radius 2 is 2.24 bits per heavy atom. The van der Waals surface area contributed by atoms with E-state index in [1.807, 2.05) is 12.1 Å². The number of carbonyl (C=O) groups excluding carboxylic acids is 1. The van der Waals surface area contributed by atoms with Gasteiger partial charge < -0.3 is 14.8 Å². The van der Waals surface area contributed by atoms with Crippen LogP contribution in [0.5, 0.6) is 0 Å². The minimum Gasteiger partial charge on any atom is -0.413 e. The average molecular weight is 306 g/mol. The molecule has 0 spiro atoms. The third-order valence-electron chi connectivity index (χ3n) is 3.14. The van der Waals surface area contributed by atoms with Gasteiger partial charge in [-0.2, -0.15) is 0 Å². The Hall–Kier alpha value is -1.99. The van der Waals surface area contributed by atoms with Gasteiger partial charge in [0.25, 0.3) is 0 Å². The molecule has 0 atom stereocenters. The monoisotopic (exact) mass is 306 g/mol. The number of nitrogens with one attached hydrogen (secondary N) is 1. The average Bonchev–Trinajstić information content (AvgIpc) is 2.85. The first-order chi connectivity index (χ1) is 10.2. The van der Waals surface area contributed by atoms with Crippen molar-refractivity contribution in [2.45, 2.75) is 17.7 Å². The number of amides is 1. The molecule has 110 valence electrons. The van der Waals surface area contributed by atoms with Gasteiger partial charge in [-0.15, -0.1) is 11.8 Å². The number of aliphatic hydroxyl groups excluding tert-OH is 1. The number of thioether (sulfide) groups is 1. The molecule has 1 amide bonds. The molecule has 0 unspecified atom stereocenters. The van der Waals surface area contributed by atoms with E-state index in [0.29, 0.717) is 35.7 Å². The molecule has 0 bridgehead atoms.